The zero-order valence-electron chi connectivity index (χ0n) is 15.7. The fourth-order valence-corrected chi connectivity index (χ4v) is 3.39. The van der Waals surface area contributed by atoms with E-state index in [1.54, 1.807) is 24.3 Å². The van der Waals surface area contributed by atoms with E-state index in [9.17, 15) is 32.9 Å². The standard InChI is InChI=1S/C20H18F3N3O4/c21-20(22,23)17-11-16(26(29)30)5-6-18(17)24-19(28)14-7-9-25(10-8-14)15-3-1-13(12-27)2-4-15/h1-6,11-12,14H,7-10H2,(H,24,28). The summed E-state index contributed by atoms with van der Waals surface area (Å²) in [5, 5.41) is 13.1. The molecule has 1 N–H and O–H groups in total. The second-order valence-electron chi connectivity index (χ2n) is 6.94. The van der Waals surface area contributed by atoms with Gasteiger partial charge in [-0.25, -0.2) is 0 Å². The van der Waals surface area contributed by atoms with E-state index in [2.05, 4.69) is 5.32 Å². The average Bonchev–Trinajstić information content (AvgIpc) is 2.73. The molecule has 1 heterocycles. The van der Waals surface area contributed by atoms with E-state index >= 15 is 0 Å². The molecule has 7 nitrogen and oxygen atoms in total. The van der Waals surface area contributed by atoms with Crippen LogP contribution < -0.4 is 10.2 Å². The molecule has 0 bridgehead atoms. The summed E-state index contributed by atoms with van der Waals surface area (Å²) in [6, 6.07) is 9.23. The number of halogens is 3. The maximum absolute atomic E-state index is 13.3. The topological polar surface area (TPSA) is 92.6 Å². The number of alkyl halides is 3. The Morgan fingerprint density at radius 1 is 1.13 bits per heavy atom. The van der Waals surface area contributed by atoms with Crippen LogP contribution in [0.5, 0.6) is 0 Å². The SMILES string of the molecule is O=Cc1ccc(N2CCC(C(=O)Nc3ccc([N+](=O)[O-])cc3C(F)(F)F)CC2)cc1. The molecule has 0 saturated carbocycles. The molecule has 1 fully saturated rings. The van der Waals surface area contributed by atoms with Gasteiger partial charge in [0.05, 0.1) is 16.2 Å². The van der Waals surface area contributed by atoms with Gasteiger partial charge in [0.25, 0.3) is 5.69 Å². The van der Waals surface area contributed by atoms with Crippen LogP contribution >= 0.6 is 0 Å². The van der Waals surface area contributed by atoms with Gasteiger partial charge < -0.3 is 10.2 Å². The second-order valence-corrected chi connectivity index (χ2v) is 6.94. The molecule has 158 valence electrons. The molecule has 30 heavy (non-hydrogen) atoms. The molecule has 0 aromatic heterocycles. The van der Waals surface area contributed by atoms with Gasteiger partial charge in [0.15, 0.2) is 0 Å². The quantitative estimate of drug-likeness (QED) is 0.442. The molecular formula is C20H18F3N3O4. The lowest BCUT2D eigenvalue weighted by molar-refractivity contribution is -0.385. The third-order valence-electron chi connectivity index (χ3n) is 5.04. The maximum Gasteiger partial charge on any atom is 0.418 e. The van der Waals surface area contributed by atoms with Crippen LogP contribution in [0.1, 0.15) is 28.8 Å². The summed E-state index contributed by atoms with van der Waals surface area (Å²) in [5.41, 5.74) is -0.997. The van der Waals surface area contributed by atoms with Gasteiger partial charge in [0.1, 0.15) is 6.29 Å². The zero-order chi connectivity index (χ0) is 21.9. The monoisotopic (exact) mass is 421 g/mol. The van der Waals surface area contributed by atoms with Crippen molar-refractivity contribution < 1.29 is 27.7 Å². The van der Waals surface area contributed by atoms with Gasteiger partial charge >= 0.3 is 6.18 Å². The Labute approximate surface area is 169 Å². The lowest BCUT2D eigenvalue weighted by atomic mass is 9.95. The third kappa shape index (κ3) is 4.76. The normalized spacial score (nSPS) is 15.0. The number of hydrogen-bond acceptors (Lipinski definition) is 5. The minimum atomic E-state index is -4.84. The summed E-state index contributed by atoms with van der Waals surface area (Å²) in [6.45, 7) is 1.07. The van der Waals surface area contributed by atoms with E-state index in [1.165, 1.54) is 0 Å². The Balaban J connectivity index is 1.67. The molecule has 0 atom stereocenters. The highest BCUT2D eigenvalue weighted by Crippen LogP contribution is 2.37. The number of nitrogens with one attached hydrogen (secondary N) is 1. The first kappa shape index (κ1) is 21.3. The number of rotatable bonds is 5. The number of non-ortho nitro benzene ring substituents is 1. The molecule has 0 unspecified atom stereocenters. The number of nitrogens with zero attached hydrogens (tertiary/aromatic N) is 2. The molecule has 2 aromatic carbocycles. The summed E-state index contributed by atoms with van der Waals surface area (Å²) in [4.78, 5) is 35.1. The number of aldehydes is 1. The third-order valence-corrected chi connectivity index (χ3v) is 5.04. The molecule has 0 radical (unpaired) electrons. The van der Waals surface area contributed by atoms with Gasteiger partial charge in [-0.15, -0.1) is 0 Å². The number of carbonyl (C=O) groups excluding carboxylic acids is 2. The van der Waals surface area contributed by atoms with E-state index in [-0.39, 0.29) is 0 Å². The van der Waals surface area contributed by atoms with E-state index < -0.39 is 39.9 Å². The van der Waals surface area contributed by atoms with E-state index in [0.29, 0.717) is 37.6 Å². The summed E-state index contributed by atoms with van der Waals surface area (Å²) >= 11 is 0. The molecule has 0 spiro atoms. The van der Waals surface area contributed by atoms with Gasteiger partial charge in [-0.3, -0.25) is 19.7 Å². The Bertz CT molecular complexity index is 953. The van der Waals surface area contributed by atoms with Crippen molar-refractivity contribution in [3.63, 3.8) is 0 Å². The molecule has 1 saturated heterocycles. The van der Waals surface area contributed by atoms with Crippen molar-refractivity contribution in [2.75, 3.05) is 23.3 Å². The van der Waals surface area contributed by atoms with Crippen molar-refractivity contribution in [2.45, 2.75) is 19.0 Å². The van der Waals surface area contributed by atoms with Gasteiger partial charge in [-0.2, -0.15) is 13.2 Å². The van der Waals surface area contributed by atoms with Crippen LogP contribution in [0.4, 0.5) is 30.2 Å². The molecular weight excluding hydrogens is 403 g/mol. The molecule has 1 aliphatic rings. The van der Waals surface area contributed by atoms with Gasteiger partial charge in [0, 0.05) is 42.4 Å². The highest BCUT2D eigenvalue weighted by molar-refractivity contribution is 5.93. The number of nitro groups is 1. The van der Waals surface area contributed by atoms with Crippen molar-refractivity contribution in [3.05, 3.63) is 63.7 Å². The Morgan fingerprint density at radius 3 is 2.30 bits per heavy atom. The van der Waals surface area contributed by atoms with Crippen LogP contribution in [0.3, 0.4) is 0 Å². The highest BCUT2D eigenvalue weighted by atomic mass is 19.4. The molecule has 3 rings (SSSR count). The number of piperidine rings is 1. The van der Waals surface area contributed by atoms with Crippen molar-refractivity contribution in [1.29, 1.82) is 0 Å². The fourth-order valence-electron chi connectivity index (χ4n) is 3.39. The van der Waals surface area contributed by atoms with Crippen LogP contribution in [-0.2, 0) is 11.0 Å². The van der Waals surface area contributed by atoms with E-state index in [0.717, 1.165) is 24.1 Å². The van der Waals surface area contributed by atoms with Crippen LogP contribution in [-0.4, -0.2) is 30.2 Å². The largest absolute Gasteiger partial charge is 0.418 e. The number of benzene rings is 2. The van der Waals surface area contributed by atoms with Gasteiger partial charge in [-0.05, 0) is 43.2 Å². The lowest BCUT2D eigenvalue weighted by Crippen LogP contribution is -2.38. The number of nitro benzene ring substituents is 1. The van der Waals surface area contributed by atoms with Crippen molar-refractivity contribution in [1.82, 2.24) is 0 Å². The van der Waals surface area contributed by atoms with Crippen molar-refractivity contribution >= 4 is 29.3 Å². The summed E-state index contributed by atoms with van der Waals surface area (Å²) in [7, 11) is 0. The lowest BCUT2D eigenvalue weighted by Gasteiger charge is -2.33. The van der Waals surface area contributed by atoms with Crippen LogP contribution in [0.15, 0.2) is 42.5 Å². The number of amides is 1. The van der Waals surface area contributed by atoms with Crippen LogP contribution in [0.2, 0.25) is 0 Å². The Kier molecular flexibility index (Phi) is 6.04. The molecule has 2 aromatic rings. The van der Waals surface area contributed by atoms with Gasteiger partial charge in [0.2, 0.25) is 5.91 Å². The zero-order valence-corrected chi connectivity index (χ0v) is 15.7. The van der Waals surface area contributed by atoms with Crippen LogP contribution in [0.25, 0.3) is 0 Å². The summed E-state index contributed by atoms with van der Waals surface area (Å²) in [6.07, 6.45) is -3.22. The average molecular weight is 421 g/mol. The summed E-state index contributed by atoms with van der Waals surface area (Å²) in [5.74, 6) is -1.03. The van der Waals surface area contributed by atoms with Crippen LogP contribution in [0, 0.1) is 16.0 Å². The first-order valence-electron chi connectivity index (χ1n) is 9.15. The minimum Gasteiger partial charge on any atom is -0.371 e. The van der Waals surface area contributed by atoms with Crippen molar-refractivity contribution in [3.8, 4) is 0 Å². The number of carbonyl (C=O) groups is 2. The van der Waals surface area contributed by atoms with E-state index in [4.69, 9.17) is 0 Å². The molecule has 1 aliphatic heterocycles. The second kappa shape index (κ2) is 8.52. The minimum absolute atomic E-state index is 0.418. The van der Waals surface area contributed by atoms with Gasteiger partial charge in [-0.1, -0.05) is 0 Å². The molecule has 0 aliphatic carbocycles. The van der Waals surface area contributed by atoms with Crippen molar-refractivity contribution in [2.24, 2.45) is 5.92 Å². The highest BCUT2D eigenvalue weighted by Gasteiger charge is 2.36. The first-order chi connectivity index (χ1) is 14.2. The number of anilines is 2. The fraction of sp³-hybridized carbons (Fsp3) is 0.300. The maximum atomic E-state index is 13.3. The van der Waals surface area contributed by atoms with E-state index in [1.807, 2.05) is 4.90 Å². The predicted octanol–water partition coefficient (Wildman–Crippen LogP) is 4.28. The number of hydrogen-bond donors (Lipinski definition) is 1. The summed E-state index contributed by atoms with van der Waals surface area (Å²) < 4.78 is 39.8. The Hall–Kier alpha value is -3.43. The predicted molar refractivity (Wildman–Crippen MR) is 103 cm³/mol. The molecule has 1 amide bonds. The smallest absolute Gasteiger partial charge is 0.371 e. The molecule has 10 heteroatoms. The Morgan fingerprint density at radius 2 is 1.77 bits per heavy atom. The first-order valence-corrected chi connectivity index (χ1v) is 9.15.